The molecule has 38 heavy (non-hydrogen) atoms. The summed E-state index contributed by atoms with van der Waals surface area (Å²) in [7, 11) is 3.15. The van der Waals surface area contributed by atoms with E-state index >= 15 is 0 Å². The standard InChI is InChI=1S/C29H29N3O5S/c1-18(2)17-32-28(34)25(30-20-7-13-23(37-4)14-8-20)26(29(32)35)38-24-15-9-21(10-16-24)31-27(33)19-5-11-22(36-3)12-6-19/h5-16,18,30H,17H2,1-4H3,(H,31,33). The largest absolute Gasteiger partial charge is 0.497 e. The van der Waals surface area contributed by atoms with Gasteiger partial charge in [0.2, 0.25) is 0 Å². The highest BCUT2D eigenvalue weighted by atomic mass is 32.2. The topological polar surface area (TPSA) is 97.0 Å². The third kappa shape index (κ3) is 6.18. The summed E-state index contributed by atoms with van der Waals surface area (Å²) in [5, 5.41) is 5.99. The number of nitrogens with zero attached hydrogens (tertiary/aromatic N) is 1. The minimum atomic E-state index is -0.356. The lowest BCUT2D eigenvalue weighted by molar-refractivity contribution is -0.137. The van der Waals surface area contributed by atoms with Crippen LogP contribution in [0.5, 0.6) is 11.5 Å². The predicted molar refractivity (Wildman–Crippen MR) is 148 cm³/mol. The molecule has 0 unspecified atom stereocenters. The molecule has 0 atom stereocenters. The van der Waals surface area contributed by atoms with Crippen LogP contribution in [0.1, 0.15) is 24.2 Å². The van der Waals surface area contributed by atoms with Crippen molar-refractivity contribution in [2.75, 3.05) is 31.4 Å². The van der Waals surface area contributed by atoms with Crippen LogP contribution < -0.4 is 20.1 Å². The van der Waals surface area contributed by atoms with Crippen molar-refractivity contribution in [2.45, 2.75) is 18.7 Å². The van der Waals surface area contributed by atoms with Crippen LogP contribution in [0.4, 0.5) is 11.4 Å². The third-order valence-corrected chi connectivity index (χ3v) is 6.81. The molecule has 3 aromatic carbocycles. The Bertz CT molecular complexity index is 1350. The fourth-order valence-corrected chi connectivity index (χ4v) is 4.72. The van der Waals surface area contributed by atoms with Gasteiger partial charge >= 0.3 is 0 Å². The van der Waals surface area contributed by atoms with Crippen molar-refractivity contribution in [1.82, 2.24) is 4.90 Å². The Morgan fingerprint density at radius 3 is 1.92 bits per heavy atom. The van der Waals surface area contributed by atoms with E-state index in [0.717, 1.165) is 4.90 Å². The number of hydrogen-bond donors (Lipinski definition) is 2. The number of methoxy groups -OCH3 is 2. The van der Waals surface area contributed by atoms with Gasteiger partial charge in [-0.1, -0.05) is 25.6 Å². The first-order chi connectivity index (χ1) is 18.3. The maximum atomic E-state index is 13.3. The summed E-state index contributed by atoms with van der Waals surface area (Å²) in [6, 6.07) is 21.1. The van der Waals surface area contributed by atoms with Crippen molar-refractivity contribution in [2.24, 2.45) is 5.92 Å². The molecular formula is C29H29N3O5S. The molecule has 4 rings (SSSR count). The average molecular weight is 532 g/mol. The highest BCUT2D eigenvalue weighted by molar-refractivity contribution is 8.04. The van der Waals surface area contributed by atoms with Gasteiger partial charge in [-0.25, -0.2) is 0 Å². The molecule has 0 bridgehead atoms. The Hall–Kier alpha value is -4.24. The highest BCUT2D eigenvalue weighted by Crippen LogP contribution is 2.36. The fraction of sp³-hybridized carbons (Fsp3) is 0.207. The molecule has 2 N–H and O–H groups in total. The first-order valence-electron chi connectivity index (χ1n) is 12.0. The molecule has 1 heterocycles. The van der Waals surface area contributed by atoms with Crippen LogP contribution in [0.2, 0.25) is 0 Å². The number of amides is 3. The van der Waals surface area contributed by atoms with Gasteiger partial charge in [-0.2, -0.15) is 0 Å². The summed E-state index contributed by atoms with van der Waals surface area (Å²) in [6.45, 7) is 4.24. The normalized spacial score (nSPS) is 13.2. The Kier molecular flexibility index (Phi) is 8.38. The first-order valence-corrected chi connectivity index (χ1v) is 12.9. The minimum absolute atomic E-state index is 0.128. The molecule has 0 saturated carbocycles. The van der Waals surface area contributed by atoms with Gasteiger partial charge in [0.05, 0.1) is 14.2 Å². The molecule has 3 amide bonds. The van der Waals surface area contributed by atoms with Crippen LogP contribution in [0.25, 0.3) is 0 Å². The van der Waals surface area contributed by atoms with Crippen LogP contribution in [-0.2, 0) is 9.59 Å². The second kappa shape index (κ2) is 11.9. The zero-order chi connectivity index (χ0) is 27.2. The molecule has 0 aromatic heterocycles. The number of anilines is 2. The van der Waals surface area contributed by atoms with Crippen molar-refractivity contribution >= 4 is 40.9 Å². The van der Waals surface area contributed by atoms with Crippen LogP contribution in [0.3, 0.4) is 0 Å². The summed E-state index contributed by atoms with van der Waals surface area (Å²) < 4.78 is 10.3. The number of rotatable bonds is 10. The second-order valence-corrected chi connectivity index (χ2v) is 10.1. The monoisotopic (exact) mass is 531 g/mol. The van der Waals surface area contributed by atoms with Crippen LogP contribution in [-0.4, -0.2) is 43.4 Å². The molecule has 196 valence electrons. The Labute approximate surface area is 226 Å². The maximum absolute atomic E-state index is 13.3. The Morgan fingerprint density at radius 1 is 0.816 bits per heavy atom. The molecule has 0 spiro atoms. The van der Waals surface area contributed by atoms with Crippen molar-refractivity contribution < 1.29 is 23.9 Å². The zero-order valence-corrected chi connectivity index (χ0v) is 22.4. The minimum Gasteiger partial charge on any atom is -0.497 e. The molecule has 1 aliphatic rings. The SMILES string of the molecule is COc1ccc(NC2=C(Sc3ccc(NC(=O)c4ccc(OC)cc4)cc3)C(=O)N(CC(C)C)C2=O)cc1. The van der Waals surface area contributed by atoms with E-state index in [1.165, 1.54) is 16.7 Å². The number of carbonyl (C=O) groups excluding carboxylic acids is 3. The first kappa shape index (κ1) is 26.8. The van der Waals surface area contributed by atoms with Gasteiger partial charge in [-0.15, -0.1) is 0 Å². The fourth-order valence-electron chi connectivity index (χ4n) is 3.78. The maximum Gasteiger partial charge on any atom is 0.278 e. The van der Waals surface area contributed by atoms with Gasteiger partial charge in [0.1, 0.15) is 22.1 Å². The van der Waals surface area contributed by atoms with Gasteiger partial charge in [-0.05, 0) is 78.7 Å². The number of nitrogens with one attached hydrogen (secondary N) is 2. The van der Waals surface area contributed by atoms with E-state index in [0.29, 0.717) is 39.9 Å². The summed E-state index contributed by atoms with van der Waals surface area (Å²) in [6.07, 6.45) is 0. The lowest BCUT2D eigenvalue weighted by atomic mass is 10.2. The average Bonchev–Trinajstić information content (AvgIpc) is 3.13. The number of imide groups is 1. The van der Waals surface area contributed by atoms with E-state index in [9.17, 15) is 14.4 Å². The zero-order valence-electron chi connectivity index (χ0n) is 21.6. The quantitative estimate of drug-likeness (QED) is 0.338. The second-order valence-electron chi connectivity index (χ2n) is 8.98. The molecule has 3 aromatic rings. The van der Waals surface area contributed by atoms with E-state index in [4.69, 9.17) is 9.47 Å². The molecule has 0 saturated heterocycles. The van der Waals surface area contributed by atoms with Crippen molar-refractivity contribution in [3.8, 4) is 11.5 Å². The van der Waals surface area contributed by atoms with Gasteiger partial charge in [-0.3, -0.25) is 19.3 Å². The Morgan fingerprint density at radius 2 is 1.37 bits per heavy atom. The van der Waals surface area contributed by atoms with Crippen molar-refractivity contribution in [3.05, 3.63) is 89.0 Å². The van der Waals surface area contributed by atoms with Gasteiger partial charge in [0, 0.05) is 28.4 Å². The van der Waals surface area contributed by atoms with E-state index < -0.39 is 0 Å². The lowest BCUT2D eigenvalue weighted by Crippen LogP contribution is -2.35. The molecule has 0 aliphatic carbocycles. The number of carbonyl (C=O) groups is 3. The Balaban J connectivity index is 1.52. The third-order valence-electron chi connectivity index (χ3n) is 5.72. The van der Waals surface area contributed by atoms with Gasteiger partial charge < -0.3 is 20.1 Å². The highest BCUT2D eigenvalue weighted by Gasteiger charge is 2.39. The van der Waals surface area contributed by atoms with E-state index in [2.05, 4.69) is 10.6 Å². The van der Waals surface area contributed by atoms with Crippen molar-refractivity contribution in [1.29, 1.82) is 0 Å². The molecular weight excluding hydrogens is 502 g/mol. The predicted octanol–water partition coefficient (Wildman–Crippen LogP) is 5.40. The molecule has 9 heteroatoms. The molecule has 1 aliphatic heterocycles. The molecule has 0 fully saturated rings. The van der Waals surface area contributed by atoms with Gasteiger partial charge in [0.25, 0.3) is 17.7 Å². The van der Waals surface area contributed by atoms with E-state index in [1.54, 1.807) is 87.0 Å². The van der Waals surface area contributed by atoms with E-state index in [1.807, 2.05) is 13.8 Å². The molecule has 8 nitrogen and oxygen atoms in total. The van der Waals surface area contributed by atoms with Crippen LogP contribution in [0, 0.1) is 5.92 Å². The summed E-state index contributed by atoms with van der Waals surface area (Å²) >= 11 is 1.21. The number of ether oxygens (including phenoxy) is 2. The summed E-state index contributed by atoms with van der Waals surface area (Å²) in [4.78, 5) is 41.4. The summed E-state index contributed by atoms with van der Waals surface area (Å²) in [5.74, 6) is 0.552. The van der Waals surface area contributed by atoms with Crippen LogP contribution in [0.15, 0.2) is 88.3 Å². The number of thioether (sulfide) groups is 1. The number of hydrogen-bond acceptors (Lipinski definition) is 7. The van der Waals surface area contributed by atoms with Crippen LogP contribution >= 0.6 is 11.8 Å². The lowest BCUT2D eigenvalue weighted by Gasteiger charge is -2.17. The van der Waals surface area contributed by atoms with Gasteiger partial charge in [0.15, 0.2) is 0 Å². The van der Waals surface area contributed by atoms with E-state index in [-0.39, 0.29) is 29.3 Å². The summed E-state index contributed by atoms with van der Waals surface area (Å²) in [5.41, 5.74) is 2.02. The number of benzene rings is 3. The smallest absolute Gasteiger partial charge is 0.278 e. The van der Waals surface area contributed by atoms with Crippen molar-refractivity contribution in [3.63, 3.8) is 0 Å². The molecule has 0 radical (unpaired) electrons.